The van der Waals surface area contributed by atoms with Crippen molar-refractivity contribution in [2.75, 3.05) is 11.9 Å². The molecule has 0 heterocycles. The molecule has 0 aliphatic heterocycles. The van der Waals surface area contributed by atoms with E-state index in [0.29, 0.717) is 17.0 Å². The molecule has 6 heteroatoms. The fraction of sp³-hybridized carbons (Fsp3) is 0.300. The fourth-order valence-corrected chi connectivity index (χ4v) is 2.79. The quantitative estimate of drug-likeness (QED) is 0.703. The Hall–Kier alpha value is -2.34. The molecule has 0 saturated heterocycles. The van der Waals surface area contributed by atoms with Crippen LogP contribution >= 0.6 is 15.9 Å². The molecule has 0 fully saturated rings. The molecule has 1 atom stereocenters. The van der Waals surface area contributed by atoms with E-state index in [1.54, 1.807) is 24.3 Å². The van der Waals surface area contributed by atoms with Crippen LogP contribution in [0.5, 0.6) is 5.75 Å². The van der Waals surface area contributed by atoms with Crippen molar-refractivity contribution in [2.45, 2.75) is 33.2 Å². The van der Waals surface area contributed by atoms with Crippen LogP contribution in [0, 0.1) is 6.92 Å². The van der Waals surface area contributed by atoms with Crippen molar-refractivity contribution in [3.05, 3.63) is 58.1 Å². The zero-order valence-corrected chi connectivity index (χ0v) is 16.7. The molecule has 2 aromatic rings. The van der Waals surface area contributed by atoms with E-state index in [1.165, 1.54) is 0 Å². The molecule has 2 rings (SSSR count). The average molecular weight is 419 g/mol. The van der Waals surface area contributed by atoms with E-state index in [-0.39, 0.29) is 24.5 Å². The summed E-state index contributed by atoms with van der Waals surface area (Å²) >= 11 is 3.41. The van der Waals surface area contributed by atoms with Gasteiger partial charge in [-0.05, 0) is 78.2 Å². The van der Waals surface area contributed by atoms with Crippen LogP contribution < -0.4 is 15.4 Å². The van der Waals surface area contributed by atoms with Crippen LogP contribution in [0.25, 0.3) is 0 Å². The molecular weight excluding hydrogens is 396 g/mol. The number of anilines is 1. The van der Waals surface area contributed by atoms with E-state index in [0.717, 1.165) is 16.5 Å². The maximum Gasteiger partial charge on any atom is 0.262 e. The smallest absolute Gasteiger partial charge is 0.262 e. The summed E-state index contributed by atoms with van der Waals surface area (Å²) in [7, 11) is 0. The van der Waals surface area contributed by atoms with E-state index >= 15 is 0 Å². The Morgan fingerprint density at radius 3 is 2.46 bits per heavy atom. The second kappa shape index (κ2) is 9.38. The Labute approximate surface area is 162 Å². The number of nitrogens with one attached hydrogen (secondary N) is 2. The number of rotatable bonds is 7. The number of halogens is 1. The first-order valence-corrected chi connectivity index (χ1v) is 9.28. The van der Waals surface area contributed by atoms with Crippen LogP contribution in [0.4, 0.5) is 5.69 Å². The number of ether oxygens (including phenoxy) is 1. The lowest BCUT2D eigenvalue weighted by atomic mass is 10.1. The van der Waals surface area contributed by atoms with Crippen molar-refractivity contribution in [1.82, 2.24) is 5.32 Å². The highest BCUT2D eigenvalue weighted by molar-refractivity contribution is 9.10. The second-order valence-electron chi connectivity index (χ2n) is 6.13. The molecule has 0 radical (unpaired) electrons. The van der Waals surface area contributed by atoms with Gasteiger partial charge < -0.3 is 15.4 Å². The Kier molecular flexibility index (Phi) is 7.21. The van der Waals surface area contributed by atoms with Gasteiger partial charge in [0.25, 0.3) is 11.8 Å². The van der Waals surface area contributed by atoms with Crippen LogP contribution in [0.3, 0.4) is 0 Å². The summed E-state index contributed by atoms with van der Waals surface area (Å²) in [4.78, 5) is 24.1. The van der Waals surface area contributed by atoms with Gasteiger partial charge in [-0.2, -0.15) is 0 Å². The standard InChI is InChI=1S/C20H23BrN2O3/c1-4-14(3)22-20(25)15-6-8-16(9-7-15)23-19(24)12-26-18-10-5-13(2)11-17(18)21/h5-11,14H,4,12H2,1-3H3,(H,22,25)(H,23,24). The molecule has 2 amide bonds. The van der Waals surface area contributed by atoms with E-state index in [4.69, 9.17) is 4.74 Å². The maximum atomic E-state index is 12.0. The van der Waals surface area contributed by atoms with Gasteiger partial charge in [-0.1, -0.05) is 13.0 Å². The molecule has 0 aliphatic carbocycles. The first kappa shape index (κ1) is 20.0. The minimum Gasteiger partial charge on any atom is -0.483 e. The molecule has 0 spiro atoms. The van der Waals surface area contributed by atoms with Gasteiger partial charge in [0.15, 0.2) is 6.61 Å². The Morgan fingerprint density at radius 2 is 1.85 bits per heavy atom. The number of aryl methyl sites for hydroxylation is 1. The Morgan fingerprint density at radius 1 is 1.15 bits per heavy atom. The van der Waals surface area contributed by atoms with Crippen molar-refractivity contribution in [1.29, 1.82) is 0 Å². The van der Waals surface area contributed by atoms with Gasteiger partial charge >= 0.3 is 0 Å². The molecule has 0 saturated carbocycles. The van der Waals surface area contributed by atoms with Crippen molar-refractivity contribution >= 4 is 33.4 Å². The topological polar surface area (TPSA) is 67.4 Å². The average Bonchev–Trinajstić information content (AvgIpc) is 2.61. The highest BCUT2D eigenvalue weighted by Gasteiger charge is 2.10. The minimum absolute atomic E-state index is 0.0993. The summed E-state index contributed by atoms with van der Waals surface area (Å²) in [5, 5.41) is 5.65. The van der Waals surface area contributed by atoms with E-state index in [2.05, 4.69) is 26.6 Å². The molecule has 138 valence electrons. The van der Waals surface area contributed by atoms with Crippen molar-refractivity contribution in [3.63, 3.8) is 0 Å². The Bertz CT molecular complexity index is 775. The van der Waals surface area contributed by atoms with Crippen LogP contribution in [-0.4, -0.2) is 24.5 Å². The number of hydrogen-bond donors (Lipinski definition) is 2. The SMILES string of the molecule is CCC(C)NC(=O)c1ccc(NC(=O)COc2ccc(C)cc2Br)cc1. The monoisotopic (exact) mass is 418 g/mol. The summed E-state index contributed by atoms with van der Waals surface area (Å²) in [6, 6.07) is 12.6. The first-order chi connectivity index (χ1) is 12.4. The summed E-state index contributed by atoms with van der Waals surface area (Å²) in [6.45, 7) is 5.85. The molecule has 0 aromatic heterocycles. The molecule has 26 heavy (non-hydrogen) atoms. The normalized spacial score (nSPS) is 11.5. The second-order valence-corrected chi connectivity index (χ2v) is 6.99. The summed E-state index contributed by atoms with van der Waals surface area (Å²) in [5.41, 5.74) is 2.27. The predicted octanol–water partition coefficient (Wildman–Crippen LogP) is 4.30. The van der Waals surface area contributed by atoms with Gasteiger partial charge in [-0.3, -0.25) is 9.59 Å². The largest absolute Gasteiger partial charge is 0.483 e. The third kappa shape index (κ3) is 5.88. The van der Waals surface area contributed by atoms with Gasteiger partial charge in [0.2, 0.25) is 0 Å². The number of hydrogen-bond acceptors (Lipinski definition) is 3. The Balaban J connectivity index is 1.88. The number of amides is 2. The van der Waals surface area contributed by atoms with Crippen LogP contribution in [-0.2, 0) is 4.79 Å². The molecule has 2 N–H and O–H groups in total. The summed E-state index contributed by atoms with van der Waals surface area (Å²) < 4.78 is 6.33. The molecule has 0 bridgehead atoms. The van der Waals surface area contributed by atoms with Gasteiger partial charge in [-0.15, -0.1) is 0 Å². The van der Waals surface area contributed by atoms with Crippen LogP contribution in [0.1, 0.15) is 36.2 Å². The van der Waals surface area contributed by atoms with Gasteiger partial charge in [0.1, 0.15) is 5.75 Å². The van der Waals surface area contributed by atoms with E-state index < -0.39 is 0 Å². The molecule has 0 aliphatic rings. The molecule has 2 aromatic carbocycles. The minimum atomic E-state index is -0.269. The highest BCUT2D eigenvalue weighted by Crippen LogP contribution is 2.25. The zero-order chi connectivity index (χ0) is 19.1. The number of carbonyl (C=O) groups is 2. The lowest BCUT2D eigenvalue weighted by molar-refractivity contribution is -0.118. The van der Waals surface area contributed by atoms with Crippen molar-refractivity contribution in [3.8, 4) is 5.75 Å². The lowest BCUT2D eigenvalue weighted by Crippen LogP contribution is -2.31. The van der Waals surface area contributed by atoms with Gasteiger partial charge in [0.05, 0.1) is 4.47 Å². The fourth-order valence-electron chi connectivity index (χ4n) is 2.18. The zero-order valence-electron chi connectivity index (χ0n) is 15.1. The maximum absolute atomic E-state index is 12.0. The molecular formula is C20H23BrN2O3. The van der Waals surface area contributed by atoms with Gasteiger partial charge in [0, 0.05) is 17.3 Å². The lowest BCUT2D eigenvalue weighted by Gasteiger charge is -2.12. The summed E-state index contributed by atoms with van der Waals surface area (Å²) in [5.74, 6) is 0.224. The van der Waals surface area contributed by atoms with Crippen LogP contribution in [0.15, 0.2) is 46.9 Å². The third-order valence-electron chi connectivity index (χ3n) is 3.87. The van der Waals surface area contributed by atoms with Crippen molar-refractivity contribution in [2.24, 2.45) is 0 Å². The summed E-state index contributed by atoms with van der Waals surface area (Å²) in [6.07, 6.45) is 0.872. The number of benzene rings is 2. The number of carbonyl (C=O) groups excluding carboxylic acids is 2. The predicted molar refractivity (Wildman–Crippen MR) is 107 cm³/mol. The first-order valence-electron chi connectivity index (χ1n) is 8.48. The highest BCUT2D eigenvalue weighted by atomic mass is 79.9. The van der Waals surface area contributed by atoms with E-state index in [9.17, 15) is 9.59 Å². The molecule has 5 nitrogen and oxygen atoms in total. The van der Waals surface area contributed by atoms with E-state index in [1.807, 2.05) is 39.0 Å². The van der Waals surface area contributed by atoms with Crippen molar-refractivity contribution < 1.29 is 14.3 Å². The van der Waals surface area contributed by atoms with Gasteiger partial charge in [-0.25, -0.2) is 0 Å². The van der Waals surface area contributed by atoms with Crippen LogP contribution in [0.2, 0.25) is 0 Å². The molecule has 1 unspecified atom stereocenters. The third-order valence-corrected chi connectivity index (χ3v) is 4.49.